The first-order valence-corrected chi connectivity index (χ1v) is 7.32. The van der Waals surface area contributed by atoms with Gasteiger partial charge in [-0.2, -0.15) is 0 Å². The van der Waals surface area contributed by atoms with Crippen LogP contribution in [0, 0.1) is 38.5 Å². The van der Waals surface area contributed by atoms with Crippen molar-refractivity contribution in [3.8, 4) is 0 Å². The minimum Gasteiger partial charge on any atom is -0.392 e. The quantitative estimate of drug-likeness (QED) is 0.862. The third-order valence-electron chi connectivity index (χ3n) is 5.17. The average molecular weight is 244 g/mol. The molecule has 0 amide bonds. The van der Waals surface area contributed by atoms with Gasteiger partial charge in [0.1, 0.15) is 0 Å². The summed E-state index contributed by atoms with van der Waals surface area (Å²) in [4.78, 5) is 0. The molecule has 2 aliphatic carbocycles. The Hall–Kier alpha value is -0.820. The van der Waals surface area contributed by atoms with Gasteiger partial charge in [0, 0.05) is 0 Å². The van der Waals surface area contributed by atoms with Crippen LogP contribution in [0.15, 0.2) is 12.1 Å². The molecule has 0 aliphatic heterocycles. The first-order chi connectivity index (χ1) is 8.58. The molecular weight excluding hydrogens is 220 g/mol. The second-order valence-electron chi connectivity index (χ2n) is 6.48. The molecule has 2 fully saturated rings. The number of benzene rings is 1. The summed E-state index contributed by atoms with van der Waals surface area (Å²) in [7, 11) is 0. The van der Waals surface area contributed by atoms with Crippen LogP contribution >= 0.6 is 0 Å². The second-order valence-corrected chi connectivity index (χ2v) is 6.48. The monoisotopic (exact) mass is 244 g/mol. The van der Waals surface area contributed by atoms with Gasteiger partial charge in [0.2, 0.25) is 0 Å². The molecule has 1 nitrogen and oxygen atoms in total. The minimum atomic E-state index is -0.111. The Balaban J connectivity index is 1.73. The van der Waals surface area contributed by atoms with Crippen LogP contribution < -0.4 is 0 Å². The maximum atomic E-state index is 10.5. The van der Waals surface area contributed by atoms with Gasteiger partial charge < -0.3 is 5.11 Å². The van der Waals surface area contributed by atoms with Crippen molar-refractivity contribution in [1.82, 2.24) is 0 Å². The van der Waals surface area contributed by atoms with Gasteiger partial charge in [-0.3, -0.25) is 0 Å². The predicted octanol–water partition coefficient (Wildman–Crippen LogP) is 3.56. The average Bonchev–Trinajstić information content (AvgIpc) is 2.77. The number of hydrogen-bond donors (Lipinski definition) is 1. The zero-order chi connectivity index (χ0) is 12.9. The Labute approximate surface area is 110 Å². The van der Waals surface area contributed by atoms with E-state index in [4.69, 9.17) is 0 Å². The van der Waals surface area contributed by atoms with Crippen molar-refractivity contribution in [1.29, 1.82) is 0 Å². The summed E-state index contributed by atoms with van der Waals surface area (Å²) in [5, 5.41) is 10.5. The van der Waals surface area contributed by atoms with Crippen molar-refractivity contribution >= 4 is 0 Å². The van der Waals surface area contributed by atoms with Crippen molar-refractivity contribution < 1.29 is 5.11 Å². The molecule has 0 radical (unpaired) electrons. The molecule has 3 atom stereocenters. The third kappa shape index (κ3) is 1.99. The molecular formula is C17H24O. The van der Waals surface area contributed by atoms with E-state index in [9.17, 15) is 5.11 Å². The lowest BCUT2D eigenvalue weighted by Gasteiger charge is -2.17. The van der Waals surface area contributed by atoms with Crippen LogP contribution in [-0.2, 0) is 6.42 Å². The lowest BCUT2D eigenvalue weighted by atomic mass is 9.92. The number of fused-ring (bicyclic) bond motifs is 1. The molecule has 0 saturated heterocycles. The highest BCUT2D eigenvalue weighted by Gasteiger charge is 2.55. The number of hydrogen-bond acceptors (Lipinski definition) is 1. The van der Waals surface area contributed by atoms with Gasteiger partial charge in [-0.1, -0.05) is 24.1 Å². The van der Waals surface area contributed by atoms with Crippen molar-refractivity contribution in [3.05, 3.63) is 34.4 Å². The Bertz CT molecular complexity index is 430. The highest BCUT2D eigenvalue weighted by Crippen LogP contribution is 2.59. The molecule has 3 rings (SSSR count). The van der Waals surface area contributed by atoms with E-state index in [1.807, 2.05) is 0 Å². The Morgan fingerprint density at radius 1 is 1.11 bits per heavy atom. The Kier molecular flexibility index (Phi) is 2.97. The first-order valence-electron chi connectivity index (χ1n) is 7.32. The number of aliphatic hydroxyl groups excluding tert-OH is 1. The Morgan fingerprint density at radius 2 is 1.67 bits per heavy atom. The van der Waals surface area contributed by atoms with Gasteiger partial charge in [-0.05, 0) is 74.5 Å². The molecule has 98 valence electrons. The van der Waals surface area contributed by atoms with E-state index in [0.29, 0.717) is 5.92 Å². The molecule has 1 aromatic rings. The summed E-state index contributed by atoms with van der Waals surface area (Å²) in [5.74, 6) is 2.32. The molecule has 0 heterocycles. The molecule has 1 heteroatoms. The standard InChI is InChI=1S/C17H24O/c1-10-7-11(2)15(12(3)8-10)9-16(18)17-13-5-4-6-14(13)17/h7-8,13-14,16-18H,4-6,9H2,1-3H3. The highest BCUT2D eigenvalue weighted by molar-refractivity contribution is 5.38. The zero-order valence-corrected chi connectivity index (χ0v) is 11.7. The summed E-state index contributed by atoms with van der Waals surface area (Å²) < 4.78 is 0. The summed E-state index contributed by atoms with van der Waals surface area (Å²) in [6, 6.07) is 4.48. The topological polar surface area (TPSA) is 20.2 Å². The molecule has 0 bridgehead atoms. The SMILES string of the molecule is Cc1cc(C)c(CC(O)C2C3CCCC32)c(C)c1. The maximum absolute atomic E-state index is 10.5. The summed E-state index contributed by atoms with van der Waals surface area (Å²) in [5.41, 5.74) is 5.39. The highest BCUT2D eigenvalue weighted by atomic mass is 16.3. The smallest absolute Gasteiger partial charge is 0.0614 e. The fourth-order valence-electron chi connectivity index (χ4n) is 4.32. The largest absolute Gasteiger partial charge is 0.392 e. The van der Waals surface area contributed by atoms with Crippen LogP contribution in [0.4, 0.5) is 0 Å². The minimum absolute atomic E-state index is 0.111. The fraction of sp³-hybridized carbons (Fsp3) is 0.647. The molecule has 2 aliphatic rings. The predicted molar refractivity (Wildman–Crippen MR) is 74.7 cm³/mol. The van der Waals surface area contributed by atoms with E-state index < -0.39 is 0 Å². The van der Waals surface area contributed by atoms with E-state index in [2.05, 4.69) is 32.9 Å². The zero-order valence-electron chi connectivity index (χ0n) is 11.7. The Morgan fingerprint density at radius 3 is 2.22 bits per heavy atom. The summed E-state index contributed by atoms with van der Waals surface area (Å²) in [6.07, 6.45) is 4.85. The van der Waals surface area contributed by atoms with Gasteiger partial charge in [-0.25, -0.2) is 0 Å². The molecule has 0 spiro atoms. The maximum Gasteiger partial charge on any atom is 0.0614 e. The van der Waals surface area contributed by atoms with Crippen LogP contribution in [0.3, 0.4) is 0 Å². The van der Waals surface area contributed by atoms with Gasteiger partial charge in [0.15, 0.2) is 0 Å². The normalized spacial score (nSPS) is 31.2. The van der Waals surface area contributed by atoms with Crippen molar-refractivity contribution in [2.75, 3.05) is 0 Å². The van der Waals surface area contributed by atoms with Crippen LogP contribution in [-0.4, -0.2) is 11.2 Å². The van der Waals surface area contributed by atoms with Gasteiger partial charge >= 0.3 is 0 Å². The van der Waals surface area contributed by atoms with E-state index in [-0.39, 0.29) is 6.10 Å². The van der Waals surface area contributed by atoms with Crippen LogP contribution in [0.5, 0.6) is 0 Å². The van der Waals surface area contributed by atoms with E-state index >= 15 is 0 Å². The van der Waals surface area contributed by atoms with E-state index in [0.717, 1.165) is 18.3 Å². The second kappa shape index (κ2) is 4.38. The molecule has 18 heavy (non-hydrogen) atoms. The third-order valence-corrected chi connectivity index (χ3v) is 5.17. The lowest BCUT2D eigenvalue weighted by Crippen LogP contribution is -2.17. The van der Waals surface area contributed by atoms with Crippen LogP contribution in [0.25, 0.3) is 0 Å². The lowest BCUT2D eigenvalue weighted by molar-refractivity contribution is 0.135. The molecule has 1 aromatic carbocycles. The van der Waals surface area contributed by atoms with Crippen LogP contribution in [0.2, 0.25) is 0 Å². The van der Waals surface area contributed by atoms with Gasteiger partial charge in [0.05, 0.1) is 6.10 Å². The van der Waals surface area contributed by atoms with Gasteiger partial charge in [0.25, 0.3) is 0 Å². The van der Waals surface area contributed by atoms with Crippen molar-refractivity contribution in [3.63, 3.8) is 0 Å². The molecule has 0 aromatic heterocycles. The van der Waals surface area contributed by atoms with Crippen molar-refractivity contribution in [2.24, 2.45) is 17.8 Å². The summed E-state index contributed by atoms with van der Waals surface area (Å²) >= 11 is 0. The van der Waals surface area contributed by atoms with Gasteiger partial charge in [-0.15, -0.1) is 0 Å². The number of aliphatic hydroxyl groups is 1. The fourth-order valence-corrected chi connectivity index (χ4v) is 4.32. The number of aryl methyl sites for hydroxylation is 3. The molecule has 2 saturated carbocycles. The first kappa shape index (κ1) is 12.2. The molecule has 1 N–H and O–H groups in total. The molecule has 3 unspecified atom stereocenters. The van der Waals surface area contributed by atoms with Crippen LogP contribution in [0.1, 0.15) is 41.5 Å². The van der Waals surface area contributed by atoms with Crippen molar-refractivity contribution in [2.45, 2.75) is 52.6 Å². The van der Waals surface area contributed by atoms with E-state index in [1.54, 1.807) is 0 Å². The van der Waals surface area contributed by atoms with E-state index in [1.165, 1.54) is 41.5 Å². The summed E-state index contributed by atoms with van der Waals surface area (Å²) in [6.45, 7) is 6.50. The number of rotatable bonds is 3.